The van der Waals surface area contributed by atoms with Crippen molar-refractivity contribution in [2.45, 2.75) is 0 Å². The standard InChI is InChI=1S/C11H10N2O3/c1-13-6-8(12-10(13)11(15)16)7-4-2-3-5-9(7)14/h2-6,14H,1H3,(H,15,16). The molecule has 0 aliphatic rings. The fourth-order valence-corrected chi connectivity index (χ4v) is 1.49. The van der Waals surface area contributed by atoms with Gasteiger partial charge < -0.3 is 14.8 Å². The second-order valence-electron chi connectivity index (χ2n) is 3.38. The lowest BCUT2D eigenvalue weighted by Crippen LogP contribution is -2.04. The lowest BCUT2D eigenvalue weighted by molar-refractivity contribution is 0.0680. The molecule has 1 aromatic heterocycles. The summed E-state index contributed by atoms with van der Waals surface area (Å²) in [5, 5.41) is 18.5. The van der Waals surface area contributed by atoms with Crippen molar-refractivity contribution in [3.63, 3.8) is 0 Å². The van der Waals surface area contributed by atoms with E-state index < -0.39 is 5.97 Å². The number of rotatable bonds is 2. The topological polar surface area (TPSA) is 75.3 Å². The van der Waals surface area contributed by atoms with Crippen LogP contribution >= 0.6 is 0 Å². The Bertz CT molecular complexity index is 546. The minimum absolute atomic E-state index is 0.0572. The molecule has 0 fully saturated rings. The van der Waals surface area contributed by atoms with Gasteiger partial charge in [-0.25, -0.2) is 9.78 Å². The number of phenols is 1. The summed E-state index contributed by atoms with van der Waals surface area (Å²) in [4.78, 5) is 14.7. The molecule has 0 bridgehead atoms. The molecule has 16 heavy (non-hydrogen) atoms. The number of benzene rings is 1. The normalized spacial score (nSPS) is 10.3. The second-order valence-corrected chi connectivity index (χ2v) is 3.38. The average Bonchev–Trinajstić information content (AvgIpc) is 2.61. The first-order chi connectivity index (χ1) is 7.59. The van der Waals surface area contributed by atoms with Crippen LogP contribution in [0.5, 0.6) is 5.75 Å². The first kappa shape index (κ1) is 10.2. The highest BCUT2D eigenvalue weighted by Gasteiger charge is 2.14. The van der Waals surface area contributed by atoms with Gasteiger partial charge in [0.2, 0.25) is 5.82 Å². The largest absolute Gasteiger partial charge is 0.507 e. The Hall–Kier alpha value is -2.30. The van der Waals surface area contributed by atoms with Crippen LogP contribution in [0.2, 0.25) is 0 Å². The van der Waals surface area contributed by atoms with Crippen molar-refractivity contribution in [3.8, 4) is 17.0 Å². The molecule has 0 spiro atoms. The first-order valence-electron chi connectivity index (χ1n) is 4.64. The highest BCUT2D eigenvalue weighted by molar-refractivity contribution is 5.85. The van der Waals surface area contributed by atoms with Crippen molar-refractivity contribution in [1.82, 2.24) is 9.55 Å². The number of aromatic nitrogens is 2. The predicted octanol–water partition coefficient (Wildman–Crippen LogP) is 1.49. The van der Waals surface area contributed by atoms with Crippen molar-refractivity contribution < 1.29 is 15.0 Å². The van der Waals surface area contributed by atoms with Gasteiger partial charge in [0.15, 0.2) is 0 Å². The third kappa shape index (κ3) is 1.63. The quantitative estimate of drug-likeness (QED) is 0.800. The van der Waals surface area contributed by atoms with E-state index in [0.29, 0.717) is 11.3 Å². The Balaban J connectivity index is 2.54. The molecule has 0 unspecified atom stereocenters. The molecular formula is C11H10N2O3. The highest BCUT2D eigenvalue weighted by Crippen LogP contribution is 2.27. The van der Waals surface area contributed by atoms with Crippen LogP contribution < -0.4 is 0 Å². The van der Waals surface area contributed by atoms with Gasteiger partial charge in [0.1, 0.15) is 5.75 Å². The fraction of sp³-hybridized carbons (Fsp3) is 0.0909. The number of carboxylic acid groups (broad SMARTS) is 1. The van der Waals surface area contributed by atoms with Crippen molar-refractivity contribution in [1.29, 1.82) is 0 Å². The Kier molecular flexibility index (Phi) is 2.36. The zero-order valence-electron chi connectivity index (χ0n) is 8.58. The molecule has 5 nitrogen and oxygen atoms in total. The van der Waals surface area contributed by atoms with E-state index in [9.17, 15) is 9.90 Å². The van der Waals surface area contributed by atoms with E-state index in [2.05, 4.69) is 4.98 Å². The van der Waals surface area contributed by atoms with Crippen LogP contribution in [0.4, 0.5) is 0 Å². The summed E-state index contributed by atoms with van der Waals surface area (Å²) in [6, 6.07) is 6.66. The molecule has 0 saturated heterocycles. The van der Waals surface area contributed by atoms with Crippen LogP contribution in [0, 0.1) is 0 Å². The number of nitrogens with zero attached hydrogens (tertiary/aromatic N) is 2. The lowest BCUT2D eigenvalue weighted by atomic mass is 10.1. The van der Waals surface area contributed by atoms with E-state index in [1.807, 2.05) is 0 Å². The molecule has 2 N–H and O–H groups in total. The molecular weight excluding hydrogens is 208 g/mol. The van der Waals surface area contributed by atoms with Gasteiger partial charge in [0, 0.05) is 18.8 Å². The smallest absolute Gasteiger partial charge is 0.372 e. The molecule has 0 aliphatic heterocycles. The Morgan fingerprint density at radius 1 is 1.38 bits per heavy atom. The Morgan fingerprint density at radius 3 is 2.62 bits per heavy atom. The maximum atomic E-state index is 10.8. The number of hydrogen-bond acceptors (Lipinski definition) is 3. The van der Waals surface area contributed by atoms with Gasteiger partial charge in [0.05, 0.1) is 5.69 Å². The van der Waals surface area contributed by atoms with Crippen LogP contribution in [0.3, 0.4) is 0 Å². The first-order valence-corrected chi connectivity index (χ1v) is 4.64. The molecule has 1 heterocycles. The number of aromatic carboxylic acids is 1. The molecule has 2 rings (SSSR count). The van der Waals surface area contributed by atoms with Gasteiger partial charge in [-0.05, 0) is 12.1 Å². The number of phenolic OH excluding ortho intramolecular Hbond substituents is 1. The minimum atomic E-state index is -1.09. The summed E-state index contributed by atoms with van der Waals surface area (Å²) < 4.78 is 1.41. The number of carbonyl (C=O) groups is 1. The summed E-state index contributed by atoms with van der Waals surface area (Å²) >= 11 is 0. The number of para-hydroxylation sites is 1. The Morgan fingerprint density at radius 2 is 2.06 bits per heavy atom. The maximum Gasteiger partial charge on any atom is 0.372 e. The average molecular weight is 218 g/mol. The van der Waals surface area contributed by atoms with Crippen LogP contribution in [0.1, 0.15) is 10.6 Å². The van der Waals surface area contributed by atoms with E-state index in [4.69, 9.17) is 5.11 Å². The van der Waals surface area contributed by atoms with Gasteiger partial charge in [0.25, 0.3) is 0 Å². The number of aromatic hydroxyl groups is 1. The minimum Gasteiger partial charge on any atom is -0.507 e. The van der Waals surface area contributed by atoms with Gasteiger partial charge in [-0.2, -0.15) is 0 Å². The molecule has 0 radical (unpaired) electrons. The van der Waals surface area contributed by atoms with Gasteiger partial charge in [-0.3, -0.25) is 0 Å². The second kappa shape index (κ2) is 3.69. The third-order valence-electron chi connectivity index (χ3n) is 2.25. The molecule has 0 amide bonds. The van der Waals surface area contributed by atoms with Gasteiger partial charge in [-0.1, -0.05) is 12.1 Å². The predicted molar refractivity (Wildman–Crippen MR) is 57.3 cm³/mol. The number of carboxylic acids is 1. The Labute approximate surface area is 91.6 Å². The third-order valence-corrected chi connectivity index (χ3v) is 2.25. The SMILES string of the molecule is Cn1cc(-c2ccccc2O)nc1C(=O)O. The lowest BCUT2D eigenvalue weighted by Gasteiger charge is -1.98. The van der Waals surface area contributed by atoms with E-state index in [0.717, 1.165) is 0 Å². The molecule has 0 saturated carbocycles. The fourth-order valence-electron chi connectivity index (χ4n) is 1.49. The number of imidazole rings is 1. The summed E-state index contributed by atoms with van der Waals surface area (Å²) in [6.07, 6.45) is 1.57. The summed E-state index contributed by atoms with van der Waals surface area (Å²) in [7, 11) is 1.60. The summed E-state index contributed by atoms with van der Waals surface area (Å²) in [6.45, 7) is 0. The molecule has 0 atom stereocenters. The van der Waals surface area contributed by atoms with Crippen molar-refractivity contribution >= 4 is 5.97 Å². The van der Waals surface area contributed by atoms with Crippen LogP contribution in [0.15, 0.2) is 30.5 Å². The van der Waals surface area contributed by atoms with Crippen molar-refractivity contribution in [3.05, 3.63) is 36.3 Å². The molecule has 5 heteroatoms. The van der Waals surface area contributed by atoms with Gasteiger partial charge in [-0.15, -0.1) is 0 Å². The van der Waals surface area contributed by atoms with Crippen molar-refractivity contribution in [2.24, 2.45) is 7.05 Å². The van der Waals surface area contributed by atoms with E-state index in [1.165, 1.54) is 10.6 Å². The molecule has 82 valence electrons. The molecule has 2 aromatic rings. The van der Waals surface area contributed by atoms with E-state index in [1.54, 1.807) is 31.4 Å². The highest BCUT2D eigenvalue weighted by atomic mass is 16.4. The summed E-state index contributed by atoms with van der Waals surface area (Å²) in [5.74, 6) is -1.07. The zero-order valence-corrected chi connectivity index (χ0v) is 8.58. The van der Waals surface area contributed by atoms with Gasteiger partial charge >= 0.3 is 5.97 Å². The monoisotopic (exact) mass is 218 g/mol. The number of hydrogen-bond donors (Lipinski definition) is 2. The van der Waals surface area contributed by atoms with E-state index in [-0.39, 0.29) is 11.6 Å². The van der Waals surface area contributed by atoms with Crippen molar-refractivity contribution in [2.75, 3.05) is 0 Å². The summed E-state index contributed by atoms with van der Waals surface area (Å²) in [5.41, 5.74) is 0.962. The molecule has 0 aliphatic carbocycles. The maximum absolute atomic E-state index is 10.8. The van der Waals surface area contributed by atoms with Crippen LogP contribution in [-0.4, -0.2) is 25.7 Å². The zero-order chi connectivity index (χ0) is 11.7. The van der Waals surface area contributed by atoms with E-state index >= 15 is 0 Å². The van der Waals surface area contributed by atoms with Crippen LogP contribution in [0.25, 0.3) is 11.3 Å². The van der Waals surface area contributed by atoms with Crippen LogP contribution in [-0.2, 0) is 7.05 Å². The number of aryl methyl sites for hydroxylation is 1. The molecule has 1 aromatic carbocycles.